The van der Waals surface area contributed by atoms with Crippen LogP contribution in [0.1, 0.15) is 34.8 Å². The average Bonchev–Trinajstić information content (AvgIpc) is 3.39. The Hall–Kier alpha value is -3.86. The first-order valence-electron chi connectivity index (χ1n) is 14.6. The van der Waals surface area contributed by atoms with Gasteiger partial charge in [0.25, 0.3) is 11.8 Å². The van der Waals surface area contributed by atoms with Gasteiger partial charge >= 0.3 is 0 Å². The minimum Gasteiger partial charge on any atom is -0.395 e. The van der Waals surface area contributed by atoms with Crippen molar-refractivity contribution < 1.29 is 28.3 Å². The van der Waals surface area contributed by atoms with E-state index >= 15 is 4.11 Å². The molecule has 3 amide bonds. The molecule has 10 heteroatoms. The minimum absolute atomic E-state index is 0.122. The lowest BCUT2D eigenvalue weighted by atomic mass is 9.82. The molecule has 226 valence electrons. The number of amides is 3. The highest BCUT2D eigenvalue weighted by atomic mass is 28.4. The van der Waals surface area contributed by atoms with Crippen LogP contribution < -0.4 is 10.2 Å². The number of benzene rings is 3. The van der Waals surface area contributed by atoms with Crippen LogP contribution in [0.2, 0.25) is 18.6 Å². The SMILES string of the molecule is C[C@@H]1[C@@H]([Si](C)(C)F)[C@H](CC(=O)N(CCO)Cc2ccccc2)O[C@@]12C(=O)N(C)c1ccc(NC(=O)c3ccccc3)cc12. The Morgan fingerprint density at radius 3 is 2.35 bits per heavy atom. The Kier molecular flexibility index (Phi) is 8.55. The first-order chi connectivity index (χ1) is 20.5. The summed E-state index contributed by atoms with van der Waals surface area (Å²) in [5.41, 5.74) is 0.876. The molecule has 5 rings (SSSR count). The van der Waals surface area contributed by atoms with Crippen LogP contribution in [0.5, 0.6) is 0 Å². The number of aliphatic hydroxyl groups excluding tert-OH is 1. The first kappa shape index (κ1) is 30.6. The molecule has 0 aliphatic carbocycles. The molecular formula is C33H38FN3O5Si. The van der Waals surface area contributed by atoms with Gasteiger partial charge in [-0.05, 0) is 49.0 Å². The number of aliphatic hydroxyl groups is 1. The summed E-state index contributed by atoms with van der Waals surface area (Å²) in [4.78, 5) is 43.6. The summed E-state index contributed by atoms with van der Waals surface area (Å²) in [6.45, 7) is 5.20. The molecule has 3 aromatic rings. The molecule has 1 spiro atoms. The zero-order valence-electron chi connectivity index (χ0n) is 24.9. The predicted octanol–water partition coefficient (Wildman–Crippen LogP) is 5.10. The number of likely N-dealkylation sites (N-methyl/N-ethyl adjacent to an activating group) is 1. The molecule has 1 saturated heterocycles. The molecule has 4 atom stereocenters. The van der Waals surface area contributed by atoms with Crippen LogP contribution in [0.3, 0.4) is 0 Å². The van der Waals surface area contributed by atoms with Gasteiger partial charge in [-0.15, -0.1) is 0 Å². The third-order valence-corrected chi connectivity index (χ3v) is 11.2. The quantitative estimate of drug-likeness (QED) is 0.262. The number of anilines is 2. The molecule has 0 aromatic heterocycles. The highest BCUT2D eigenvalue weighted by Gasteiger charge is 2.66. The maximum atomic E-state index is 16.1. The van der Waals surface area contributed by atoms with Gasteiger partial charge in [-0.3, -0.25) is 14.4 Å². The Bertz CT molecular complexity index is 1500. The maximum Gasteiger partial charge on any atom is 0.264 e. The van der Waals surface area contributed by atoms with Crippen molar-refractivity contribution in [3.05, 3.63) is 95.6 Å². The van der Waals surface area contributed by atoms with Crippen LogP contribution in [0.25, 0.3) is 0 Å². The van der Waals surface area contributed by atoms with Crippen LogP contribution in [-0.4, -0.2) is 62.4 Å². The predicted molar refractivity (Wildman–Crippen MR) is 166 cm³/mol. The van der Waals surface area contributed by atoms with Gasteiger partial charge in [0.05, 0.1) is 24.8 Å². The summed E-state index contributed by atoms with van der Waals surface area (Å²) < 4.78 is 22.8. The Balaban J connectivity index is 1.47. The number of nitrogens with one attached hydrogen (secondary N) is 1. The summed E-state index contributed by atoms with van der Waals surface area (Å²) in [6, 6.07) is 23.5. The molecule has 0 radical (unpaired) electrons. The molecule has 43 heavy (non-hydrogen) atoms. The average molecular weight is 604 g/mol. The maximum absolute atomic E-state index is 16.1. The fraction of sp³-hybridized carbons (Fsp3) is 0.364. The third kappa shape index (κ3) is 5.74. The lowest BCUT2D eigenvalue weighted by molar-refractivity contribution is -0.149. The van der Waals surface area contributed by atoms with E-state index in [0.29, 0.717) is 29.0 Å². The second-order valence-corrected chi connectivity index (χ2v) is 15.7. The third-order valence-electron chi connectivity index (χ3n) is 8.70. The van der Waals surface area contributed by atoms with Gasteiger partial charge in [0.2, 0.25) is 14.3 Å². The molecule has 1 fully saturated rings. The normalized spacial score (nSPS) is 23.0. The van der Waals surface area contributed by atoms with E-state index in [9.17, 15) is 19.5 Å². The number of ether oxygens (including phenoxy) is 1. The van der Waals surface area contributed by atoms with Crippen molar-refractivity contribution in [2.45, 2.75) is 50.2 Å². The van der Waals surface area contributed by atoms with E-state index in [1.165, 1.54) is 4.90 Å². The van der Waals surface area contributed by atoms with Crippen molar-refractivity contribution in [3.63, 3.8) is 0 Å². The molecule has 0 bridgehead atoms. The van der Waals surface area contributed by atoms with Crippen molar-refractivity contribution in [1.82, 2.24) is 4.90 Å². The first-order valence-corrected chi connectivity index (χ1v) is 17.5. The topological polar surface area (TPSA) is 99.2 Å². The van der Waals surface area contributed by atoms with E-state index in [0.717, 1.165) is 5.56 Å². The fourth-order valence-corrected chi connectivity index (χ4v) is 9.23. The Labute approximate surface area is 252 Å². The summed E-state index contributed by atoms with van der Waals surface area (Å²) in [5.74, 6) is -1.48. The Morgan fingerprint density at radius 2 is 1.72 bits per heavy atom. The van der Waals surface area contributed by atoms with Gasteiger partial charge in [-0.25, -0.2) is 0 Å². The van der Waals surface area contributed by atoms with Crippen LogP contribution in [-0.2, 0) is 26.5 Å². The molecule has 0 unspecified atom stereocenters. The zero-order chi connectivity index (χ0) is 30.9. The van der Waals surface area contributed by atoms with E-state index in [2.05, 4.69) is 5.32 Å². The second kappa shape index (κ2) is 12.0. The highest BCUT2D eigenvalue weighted by molar-refractivity contribution is 6.72. The zero-order valence-corrected chi connectivity index (χ0v) is 25.9. The van der Waals surface area contributed by atoms with Crippen LogP contribution >= 0.6 is 0 Å². The van der Waals surface area contributed by atoms with Crippen molar-refractivity contribution in [2.75, 3.05) is 30.4 Å². The Morgan fingerprint density at radius 1 is 1.07 bits per heavy atom. The van der Waals surface area contributed by atoms with Gasteiger partial charge in [-0.2, -0.15) is 0 Å². The lowest BCUT2D eigenvalue weighted by Crippen LogP contribution is -2.44. The molecule has 0 saturated carbocycles. The molecule has 3 aromatic carbocycles. The van der Waals surface area contributed by atoms with Crippen LogP contribution in [0.4, 0.5) is 15.5 Å². The number of hydrogen-bond acceptors (Lipinski definition) is 5. The number of nitrogens with zero attached hydrogens (tertiary/aromatic N) is 2. The monoisotopic (exact) mass is 603 g/mol. The fourth-order valence-electron chi connectivity index (χ4n) is 6.74. The van der Waals surface area contributed by atoms with Gasteiger partial charge < -0.3 is 29.1 Å². The smallest absolute Gasteiger partial charge is 0.264 e. The van der Waals surface area contributed by atoms with Crippen LogP contribution in [0.15, 0.2) is 78.9 Å². The summed E-state index contributed by atoms with van der Waals surface area (Å²) in [5, 5.41) is 12.6. The highest BCUT2D eigenvalue weighted by Crippen LogP contribution is 2.60. The van der Waals surface area contributed by atoms with Crippen molar-refractivity contribution in [1.29, 1.82) is 0 Å². The van der Waals surface area contributed by atoms with Gasteiger partial charge in [0.1, 0.15) is 0 Å². The van der Waals surface area contributed by atoms with Crippen molar-refractivity contribution in [2.24, 2.45) is 5.92 Å². The van der Waals surface area contributed by atoms with Gasteiger partial charge in [0, 0.05) is 48.4 Å². The number of hydrogen-bond donors (Lipinski definition) is 2. The van der Waals surface area contributed by atoms with Gasteiger partial charge in [-0.1, -0.05) is 55.5 Å². The second-order valence-electron chi connectivity index (χ2n) is 11.9. The van der Waals surface area contributed by atoms with E-state index in [-0.39, 0.29) is 37.3 Å². The summed E-state index contributed by atoms with van der Waals surface area (Å²) >= 11 is 0. The largest absolute Gasteiger partial charge is 0.395 e. The molecule has 2 N–H and O–H groups in total. The van der Waals surface area contributed by atoms with E-state index in [1.807, 2.05) is 43.3 Å². The lowest BCUT2D eigenvalue weighted by Gasteiger charge is -2.31. The number of carbonyl (C=O) groups is 3. The number of halogens is 1. The standard InChI is InChI=1S/C33H38FN3O5Si/c1-22-30(43(3,4)34)28(20-29(39)37(17-18-38)21-23-11-7-5-8-12-23)42-33(22)26-19-25(15-16-27(26)36(2)32(33)41)35-31(40)24-13-9-6-10-14-24/h5-16,19,22,28,30,38H,17-18,20-21H2,1-4H3,(H,35,40)/t22-,28+,30-,33+/m1/s1. The van der Waals surface area contributed by atoms with Gasteiger partial charge in [0.15, 0.2) is 5.60 Å². The number of fused-ring (bicyclic) bond motifs is 2. The number of carbonyl (C=O) groups excluding carboxylic acids is 3. The van der Waals surface area contributed by atoms with Crippen molar-refractivity contribution >= 4 is 37.5 Å². The molecule has 2 heterocycles. The van der Waals surface area contributed by atoms with E-state index in [4.69, 9.17) is 4.74 Å². The molecule has 2 aliphatic rings. The molecule has 2 aliphatic heterocycles. The van der Waals surface area contributed by atoms with E-state index in [1.54, 1.807) is 67.5 Å². The number of rotatable bonds is 9. The van der Waals surface area contributed by atoms with Crippen molar-refractivity contribution in [3.8, 4) is 0 Å². The van der Waals surface area contributed by atoms with E-state index < -0.39 is 31.6 Å². The van der Waals surface area contributed by atoms with Crippen LogP contribution in [0, 0.1) is 5.92 Å². The summed E-state index contributed by atoms with van der Waals surface area (Å²) in [6.07, 6.45) is -0.974. The molecule has 8 nitrogen and oxygen atoms in total. The molecular weight excluding hydrogens is 565 g/mol. The minimum atomic E-state index is -3.48. The summed E-state index contributed by atoms with van der Waals surface area (Å²) in [7, 11) is -1.83.